The van der Waals surface area contributed by atoms with Crippen LogP contribution in [-0.2, 0) is 11.2 Å². The predicted octanol–water partition coefficient (Wildman–Crippen LogP) is 3.77. The Morgan fingerprint density at radius 1 is 1.00 bits per heavy atom. The van der Waals surface area contributed by atoms with E-state index in [1.807, 2.05) is 24.3 Å². The van der Waals surface area contributed by atoms with E-state index >= 15 is 0 Å². The summed E-state index contributed by atoms with van der Waals surface area (Å²) in [5.74, 6) is -2.16. The molecule has 0 aromatic heterocycles. The van der Waals surface area contributed by atoms with Crippen molar-refractivity contribution in [1.82, 2.24) is 0 Å². The van der Waals surface area contributed by atoms with Crippen molar-refractivity contribution in [2.45, 2.75) is 16.2 Å². The smallest absolute Gasteiger partial charge is 0.336 e. The zero-order valence-corrected chi connectivity index (χ0v) is 13.7. The Morgan fingerprint density at radius 3 is 2.19 bits per heavy atom. The monoisotopic (exact) mass is 414 g/mol. The third-order valence-electron chi connectivity index (χ3n) is 2.70. The van der Waals surface area contributed by atoms with E-state index in [0.29, 0.717) is 5.56 Å². The van der Waals surface area contributed by atoms with E-state index in [1.165, 1.54) is 17.8 Å². The van der Waals surface area contributed by atoms with Crippen molar-refractivity contribution < 1.29 is 19.8 Å². The number of hydrogen-bond donors (Lipinski definition) is 2. The van der Waals surface area contributed by atoms with Gasteiger partial charge >= 0.3 is 11.9 Å². The summed E-state index contributed by atoms with van der Waals surface area (Å²) < 4.78 is 1.12. The molecule has 2 aromatic carbocycles. The van der Waals surface area contributed by atoms with E-state index in [-0.39, 0.29) is 12.0 Å². The van der Waals surface area contributed by atoms with Gasteiger partial charge in [-0.25, -0.2) is 4.79 Å². The molecule has 2 N–H and O–H groups in total. The van der Waals surface area contributed by atoms with Crippen LogP contribution in [0.25, 0.3) is 0 Å². The van der Waals surface area contributed by atoms with Crippen LogP contribution in [-0.4, -0.2) is 22.2 Å². The molecule has 0 heterocycles. The first-order valence-electron chi connectivity index (χ1n) is 5.97. The number of halogens is 1. The molecule has 4 nitrogen and oxygen atoms in total. The van der Waals surface area contributed by atoms with Crippen molar-refractivity contribution in [3.05, 3.63) is 57.2 Å². The molecule has 108 valence electrons. The predicted molar refractivity (Wildman–Crippen MR) is 88.0 cm³/mol. The quantitative estimate of drug-likeness (QED) is 0.729. The summed E-state index contributed by atoms with van der Waals surface area (Å²) in [7, 11) is 0. The normalized spacial score (nSPS) is 10.3. The van der Waals surface area contributed by atoms with Gasteiger partial charge < -0.3 is 10.2 Å². The van der Waals surface area contributed by atoms with Crippen LogP contribution >= 0.6 is 34.4 Å². The highest BCUT2D eigenvalue weighted by atomic mass is 127. The van der Waals surface area contributed by atoms with Crippen molar-refractivity contribution in [1.29, 1.82) is 0 Å². The molecule has 0 atom stereocenters. The highest BCUT2D eigenvalue weighted by Gasteiger charge is 2.14. The summed E-state index contributed by atoms with van der Waals surface area (Å²) >= 11 is 3.66. The maximum Gasteiger partial charge on any atom is 0.336 e. The Morgan fingerprint density at radius 2 is 1.62 bits per heavy atom. The number of rotatable bonds is 5. The standard InChI is InChI=1S/C15H11IO4S/c16-10-2-5-11(6-3-10)21-12-4-1-9(7-14(17)18)13(8-12)15(19)20/h1-6,8H,7H2,(H,17,18)(H,19,20). The van der Waals surface area contributed by atoms with E-state index in [0.717, 1.165) is 13.4 Å². The summed E-state index contributed by atoms with van der Waals surface area (Å²) in [5, 5.41) is 18.0. The molecule has 0 unspecified atom stereocenters. The topological polar surface area (TPSA) is 74.6 Å². The zero-order valence-electron chi connectivity index (χ0n) is 10.7. The Kier molecular flexibility index (Phi) is 5.24. The second-order valence-corrected chi connectivity index (χ2v) is 6.64. The molecule has 21 heavy (non-hydrogen) atoms. The Hall–Kier alpha value is -1.54. The molecule has 0 radical (unpaired) electrons. The first-order chi connectivity index (χ1) is 9.95. The van der Waals surface area contributed by atoms with Gasteiger partial charge in [-0.3, -0.25) is 4.79 Å². The molecule has 0 bridgehead atoms. The van der Waals surface area contributed by atoms with Gasteiger partial charge in [0.05, 0.1) is 12.0 Å². The fraction of sp³-hybridized carbons (Fsp3) is 0.0667. The summed E-state index contributed by atoms with van der Waals surface area (Å²) in [6.45, 7) is 0. The lowest BCUT2D eigenvalue weighted by Crippen LogP contribution is -2.07. The molecule has 0 aliphatic rings. The fourth-order valence-corrected chi connectivity index (χ4v) is 2.99. The van der Waals surface area contributed by atoms with Gasteiger partial charge in [0.2, 0.25) is 0 Å². The van der Waals surface area contributed by atoms with Crippen LogP contribution in [0.5, 0.6) is 0 Å². The Labute approximate surface area is 139 Å². The van der Waals surface area contributed by atoms with Crippen LogP contribution in [0.2, 0.25) is 0 Å². The van der Waals surface area contributed by atoms with Gasteiger partial charge in [0.15, 0.2) is 0 Å². The molecule has 0 saturated carbocycles. The third-order valence-corrected chi connectivity index (χ3v) is 4.42. The average molecular weight is 414 g/mol. The van der Waals surface area contributed by atoms with Gasteiger partial charge in [-0.1, -0.05) is 17.8 Å². The number of carboxylic acids is 2. The molecule has 6 heteroatoms. The fourth-order valence-electron chi connectivity index (χ4n) is 1.77. The summed E-state index contributed by atoms with van der Waals surface area (Å²) in [4.78, 5) is 23.8. The maximum absolute atomic E-state index is 11.2. The molecular formula is C15H11IO4S. The molecule has 0 fully saturated rings. The van der Waals surface area contributed by atoms with Crippen molar-refractivity contribution in [3.8, 4) is 0 Å². The van der Waals surface area contributed by atoms with Gasteiger partial charge in [-0.15, -0.1) is 0 Å². The van der Waals surface area contributed by atoms with Crippen LogP contribution in [0.3, 0.4) is 0 Å². The number of benzene rings is 2. The summed E-state index contributed by atoms with van der Waals surface area (Å²) in [6, 6.07) is 12.7. The Balaban J connectivity index is 2.29. The van der Waals surface area contributed by atoms with Gasteiger partial charge in [-0.2, -0.15) is 0 Å². The van der Waals surface area contributed by atoms with Crippen LogP contribution in [0.1, 0.15) is 15.9 Å². The van der Waals surface area contributed by atoms with Crippen LogP contribution < -0.4 is 0 Å². The second kappa shape index (κ2) is 6.95. The minimum Gasteiger partial charge on any atom is -0.481 e. The van der Waals surface area contributed by atoms with Gasteiger partial charge in [0.1, 0.15) is 0 Å². The highest BCUT2D eigenvalue weighted by molar-refractivity contribution is 14.1. The average Bonchev–Trinajstić information content (AvgIpc) is 2.42. The first-order valence-corrected chi connectivity index (χ1v) is 7.86. The number of carbonyl (C=O) groups is 2. The van der Waals surface area contributed by atoms with Crippen molar-refractivity contribution >= 4 is 46.3 Å². The third kappa shape index (κ3) is 4.47. The van der Waals surface area contributed by atoms with E-state index in [9.17, 15) is 14.7 Å². The van der Waals surface area contributed by atoms with E-state index in [4.69, 9.17) is 5.11 Å². The minimum atomic E-state index is -1.11. The Bertz CT molecular complexity index is 683. The lowest BCUT2D eigenvalue weighted by atomic mass is 10.1. The number of aromatic carboxylic acids is 1. The molecular weight excluding hydrogens is 403 g/mol. The van der Waals surface area contributed by atoms with Crippen LogP contribution in [0, 0.1) is 3.57 Å². The summed E-state index contributed by atoms with van der Waals surface area (Å²) in [6.07, 6.45) is -0.296. The van der Waals surface area contributed by atoms with Crippen molar-refractivity contribution in [2.75, 3.05) is 0 Å². The maximum atomic E-state index is 11.2. The van der Waals surface area contributed by atoms with E-state index in [1.54, 1.807) is 12.1 Å². The number of aliphatic carboxylic acids is 1. The number of hydrogen-bond acceptors (Lipinski definition) is 3. The van der Waals surface area contributed by atoms with E-state index < -0.39 is 11.9 Å². The van der Waals surface area contributed by atoms with Crippen molar-refractivity contribution in [2.24, 2.45) is 0 Å². The summed E-state index contributed by atoms with van der Waals surface area (Å²) in [5.41, 5.74) is 0.342. The molecule has 2 aromatic rings. The minimum absolute atomic E-state index is 0.0351. The zero-order chi connectivity index (χ0) is 15.4. The van der Waals surface area contributed by atoms with Gasteiger partial charge in [0, 0.05) is 13.4 Å². The van der Waals surface area contributed by atoms with Crippen LogP contribution in [0.15, 0.2) is 52.3 Å². The molecule has 0 aliphatic heterocycles. The largest absolute Gasteiger partial charge is 0.481 e. The SMILES string of the molecule is O=C(O)Cc1ccc(Sc2ccc(I)cc2)cc1C(=O)O. The highest BCUT2D eigenvalue weighted by Crippen LogP contribution is 2.29. The van der Waals surface area contributed by atoms with E-state index in [2.05, 4.69) is 22.6 Å². The molecule has 0 saturated heterocycles. The second-order valence-electron chi connectivity index (χ2n) is 4.25. The molecule has 0 aliphatic carbocycles. The van der Waals surface area contributed by atoms with Crippen molar-refractivity contribution in [3.63, 3.8) is 0 Å². The van der Waals surface area contributed by atoms with Crippen LogP contribution in [0.4, 0.5) is 0 Å². The number of carboxylic acid groups (broad SMARTS) is 2. The lowest BCUT2D eigenvalue weighted by molar-refractivity contribution is -0.136. The first kappa shape index (κ1) is 15.8. The molecule has 2 rings (SSSR count). The van der Waals surface area contributed by atoms with Gasteiger partial charge in [-0.05, 0) is 64.6 Å². The molecule has 0 spiro atoms. The van der Waals surface area contributed by atoms with Gasteiger partial charge in [0.25, 0.3) is 0 Å². The molecule has 0 amide bonds. The lowest BCUT2D eigenvalue weighted by Gasteiger charge is -2.07.